The Morgan fingerprint density at radius 2 is 2.00 bits per heavy atom. The van der Waals surface area contributed by atoms with Crippen LogP contribution in [0.5, 0.6) is 0 Å². The van der Waals surface area contributed by atoms with Gasteiger partial charge >= 0.3 is 6.03 Å². The number of rotatable bonds is 6. The number of anilines is 1. The summed E-state index contributed by atoms with van der Waals surface area (Å²) in [7, 11) is -1.05. The van der Waals surface area contributed by atoms with E-state index in [1.165, 1.54) is 5.56 Å². The normalized spacial score (nSPS) is 18.0. The number of aromatic nitrogens is 1. The molecule has 8 heteroatoms. The van der Waals surface area contributed by atoms with Crippen LogP contribution in [0.1, 0.15) is 17.5 Å². The molecule has 1 fully saturated rings. The molecule has 0 bridgehead atoms. The fraction of sp³-hybridized carbons (Fsp3) is 0.368. The van der Waals surface area contributed by atoms with E-state index in [0.717, 1.165) is 11.4 Å². The zero-order chi connectivity index (χ0) is 19.3. The summed E-state index contributed by atoms with van der Waals surface area (Å²) in [5, 5.41) is 5.53. The third-order valence-corrected chi connectivity index (χ3v) is 6.27. The largest absolute Gasteiger partial charge is 0.355 e. The van der Waals surface area contributed by atoms with E-state index in [1.807, 2.05) is 42.3 Å². The Bertz CT molecular complexity index is 887. The van der Waals surface area contributed by atoms with Gasteiger partial charge in [-0.3, -0.25) is 0 Å². The van der Waals surface area contributed by atoms with Crippen molar-refractivity contribution >= 4 is 21.7 Å². The predicted molar refractivity (Wildman–Crippen MR) is 105 cm³/mol. The highest BCUT2D eigenvalue weighted by Gasteiger charge is 2.28. The maximum Gasteiger partial charge on any atom is 0.315 e. The lowest BCUT2D eigenvalue weighted by Gasteiger charge is -2.21. The van der Waals surface area contributed by atoms with Gasteiger partial charge < -0.3 is 15.5 Å². The predicted octanol–water partition coefficient (Wildman–Crippen LogP) is 1.70. The van der Waals surface area contributed by atoms with Crippen LogP contribution in [-0.4, -0.2) is 44.0 Å². The molecule has 1 aliphatic heterocycles. The molecule has 144 valence electrons. The molecule has 0 radical (unpaired) electrons. The van der Waals surface area contributed by atoms with Crippen LogP contribution in [0.2, 0.25) is 0 Å². The van der Waals surface area contributed by atoms with Gasteiger partial charge in [-0.2, -0.15) is 0 Å². The minimum Gasteiger partial charge on any atom is -0.355 e. The van der Waals surface area contributed by atoms with E-state index in [-0.39, 0.29) is 23.6 Å². The SMILES string of the molecule is CN(Cc1ccccc1)c1ncccc1CNC(=O)N[C@H]1CCS(=O)(=O)C1. The second kappa shape index (κ2) is 8.39. The van der Waals surface area contributed by atoms with Gasteiger partial charge in [-0.1, -0.05) is 36.4 Å². The Labute approximate surface area is 159 Å². The third-order valence-electron chi connectivity index (χ3n) is 4.50. The van der Waals surface area contributed by atoms with Crippen molar-refractivity contribution in [1.29, 1.82) is 0 Å². The van der Waals surface area contributed by atoms with Gasteiger partial charge in [-0.05, 0) is 18.1 Å². The first-order chi connectivity index (χ1) is 12.9. The molecule has 1 aliphatic rings. The molecule has 1 atom stereocenters. The fourth-order valence-electron chi connectivity index (χ4n) is 3.16. The highest BCUT2D eigenvalue weighted by atomic mass is 32.2. The van der Waals surface area contributed by atoms with E-state index < -0.39 is 9.84 Å². The van der Waals surface area contributed by atoms with Crippen molar-refractivity contribution in [1.82, 2.24) is 15.6 Å². The maximum absolute atomic E-state index is 12.1. The van der Waals surface area contributed by atoms with Crippen LogP contribution < -0.4 is 15.5 Å². The van der Waals surface area contributed by atoms with Crippen molar-refractivity contribution in [2.24, 2.45) is 0 Å². The first kappa shape index (κ1) is 19.2. The summed E-state index contributed by atoms with van der Waals surface area (Å²) in [6.45, 7) is 1.02. The van der Waals surface area contributed by atoms with Crippen molar-refractivity contribution < 1.29 is 13.2 Å². The van der Waals surface area contributed by atoms with E-state index in [2.05, 4.69) is 27.8 Å². The fourth-order valence-corrected chi connectivity index (χ4v) is 4.84. The second-order valence-corrected chi connectivity index (χ2v) is 8.98. The summed E-state index contributed by atoms with van der Waals surface area (Å²) < 4.78 is 23.0. The van der Waals surface area contributed by atoms with E-state index in [9.17, 15) is 13.2 Å². The van der Waals surface area contributed by atoms with Crippen molar-refractivity contribution in [3.8, 4) is 0 Å². The number of nitrogens with one attached hydrogen (secondary N) is 2. The average molecular weight is 388 g/mol. The van der Waals surface area contributed by atoms with Gasteiger partial charge in [-0.25, -0.2) is 18.2 Å². The van der Waals surface area contributed by atoms with E-state index in [1.54, 1.807) is 6.20 Å². The number of nitrogens with zero attached hydrogens (tertiary/aromatic N) is 2. The van der Waals surface area contributed by atoms with Crippen molar-refractivity contribution in [3.63, 3.8) is 0 Å². The molecule has 0 saturated carbocycles. The second-order valence-electron chi connectivity index (χ2n) is 6.75. The van der Waals surface area contributed by atoms with Gasteiger partial charge in [0.2, 0.25) is 0 Å². The summed E-state index contributed by atoms with van der Waals surface area (Å²) >= 11 is 0. The summed E-state index contributed by atoms with van der Waals surface area (Å²) in [5.41, 5.74) is 2.06. The van der Waals surface area contributed by atoms with Gasteiger partial charge in [0.15, 0.2) is 9.84 Å². The Morgan fingerprint density at radius 1 is 1.22 bits per heavy atom. The van der Waals surface area contributed by atoms with Crippen LogP contribution in [0.15, 0.2) is 48.7 Å². The zero-order valence-electron chi connectivity index (χ0n) is 15.3. The van der Waals surface area contributed by atoms with Crippen molar-refractivity contribution in [3.05, 3.63) is 59.8 Å². The number of carbonyl (C=O) groups excluding carboxylic acids is 1. The van der Waals surface area contributed by atoms with Gasteiger partial charge in [-0.15, -0.1) is 0 Å². The summed E-state index contributed by atoms with van der Waals surface area (Å²) in [6.07, 6.45) is 2.19. The summed E-state index contributed by atoms with van der Waals surface area (Å²) in [4.78, 5) is 18.6. The average Bonchev–Trinajstić information content (AvgIpc) is 2.99. The summed E-state index contributed by atoms with van der Waals surface area (Å²) in [6, 6.07) is 13.2. The number of hydrogen-bond donors (Lipinski definition) is 2. The molecule has 7 nitrogen and oxygen atoms in total. The molecule has 0 spiro atoms. The number of sulfone groups is 1. The van der Waals surface area contributed by atoms with Gasteiger partial charge in [0, 0.05) is 37.9 Å². The van der Waals surface area contributed by atoms with Crippen LogP contribution in [-0.2, 0) is 22.9 Å². The van der Waals surface area contributed by atoms with E-state index >= 15 is 0 Å². The number of carbonyl (C=O) groups is 1. The highest BCUT2D eigenvalue weighted by Crippen LogP contribution is 2.18. The number of pyridine rings is 1. The topological polar surface area (TPSA) is 91.4 Å². The van der Waals surface area contributed by atoms with Crippen LogP contribution in [0.25, 0.3) is 0 Å². The van der Waals surface area contributed by atoms with Crippen LogP contribution in [0.3, 0.4) is 0 Å². The van der Waals surface area contributed by atoms with E-state index in [0.29, 0.717) is 19.5 Å². The number of benzene rings is 1. The first-order valence-electron chi connectivity index (χ1n) is 8.87. The zero-order valence-corrected chi connectivity index (χ0v) is 16.1. The standard InChI is InChI=1S/C19H24N4O3S/c1-23(13-15-6-3-2-4-7-15)18-16(8-5-10-20-18)12-21-19(24)22-17-9-11-27(25,26)14-17/h2-8,10,17H,9,11-14H2,1H3,(H2,21,22,24)/t17-/m0/s1. The number of amides is 2. The molecule has 2 aromatic rings. The minimum absolute atomic E-state index is 0.0123. The molecule has 27 heavy (non-hydrogen) atoms. The van der Waals surface area contributed by atoms with Crippen LogP contribution >= 0.6 is 0 Å². The minimum atomic E-state index is -3.02. The van der Waals surface area contributed by atoms with Crippen LogP contribution in [0.4, 0.5) is 10.6 Å². The smallest absolute Gasteiger partial charge is 0.315 e. The molecule has 1 aromatic heterocycles. The summed E-state index contributed by atoms with van der Waals surface area (Å²) in [5.74, 6) is 0.943. The molecule has 3 rings (SSSR count). The number of urea groups is 1. The Kier molecular flexibility index (Phi) is 5.95. The highest BCUT2D eigenvalue weighted by molar-refractivity contribution is 7.91. The Hall–Kier alpha value is -2.61. The molecule has 1 aromatic carbocycles. The lowest BCUT2D eigenvalue weighted by molar-refractivity contribution is 0.237. The molecule has 0 unspecified atom stereocenters. The van der Waals surface area contributed by atoms with Gasteiger partial charge in [0.05, 0.1) is 11.5 Å². The number of hydrogen-bond acceptors (Lipinski definition) is 5. The van der Waals surface area contributed by atoms with Crippen LogP contribution in [0, 0.1) is 0 Å². The lowest BCUT2D eigenvalue weighted by atomic mass is 10.2. The van der Waals surface area contributed by atoms with Crippen molar-refractivity contribution in [2.45, 2.75) is 25.6 Å². The Morgan fingerprint density at radius 3 is 2.70 bits per heavy atom. The molecule has 2 amide bonds. The molecular formula is C19H24N4O3S. The lowest BCUT2D eigenvalue weighted by Crippen LogP contribution is -2.42. The molecule has 2 N–H and O–H groups in total. The maximum atomic E-state index is 12.1. The Balaban J connectivity index is 1.58. The molecular weight excluding hydrogens is 364 g/mol. The molecule has 1 saturated heterocycles. The molecule has 0 aliphatic carbocycles. The third kappa shape index (κ3) is 5.43. The van der Waals surface area contributed by atoms with Gasteiger partial charge in [0.1, 0.15) is 5.82 Å². The molecule has 2 heterocycles. The first-order valence-corrected chi connectivity index (χ1v) is 10.7. The van der Waals surface area contributed by atoms with E-state index in [4.69, 9.17) is 0 Å². The van der Waals surface area contributed by atoms with Crippen molar-refractivity contribution in [2.75, 3.05) is 23.5 Å². The monoisotopic (exact) mass is 388 g/mol. The van der Waals surface area contributed by atoms with Gasteiger partial charge in [0.25, 0.3) is 0 Å². The quantitative estimate of drug-likeness (QED) is 0.786.